The van der Waals surface area contributed by atoms with E-state index in [0.29, 0.717) is 24.8 Å². The van der Waals surface area contributed by atoms with Crippen LogP contribution in [-0.2, 0) is 9.47 Å². The predicted octanol–water partition coefficient (Wildman–Crippen LogP) is 4.06. The molecule has 2 fully saturated rings. The van der Waals surface area contributed by atoms with Crippen LogP contribution in [0.2, 0.25) is 0 Å². The van der Waals surface area contributed by atoms with Crippen LogP contribution in [0.25, 0.3) is 11.0 Å². The highest BCUT2D eigenvalue weighted by molar-refractivity contribution is 5.89. The van der Waals surface area contributed by atoms with E-state index in [1.54, 1.807) is 0 Å². The van der Waals surface area contributed by atoms with Crippen molar-refractivity contribution < 1.29 is 9.47 Å². The number of rotatable bonds is 7. The van der Waals surface area contributed by atoms with Gasteiger partial charge in [0.15, 0.2) is 5.65 Å². The fourth-order valence-electron chi connectivity index (χ4n) is 5.04. The topological polar surface area (TPSA) is 78.9 Å². The van der Waals surface area contributed by atoms with E-state index in [0.717, 1.165) is 62.0 Å². The summed E-state index contributed by atoms with van der Waals surface area (Å²) < 4.78 is 11.5. The number of aromatic nitrogens is 3. The molecule has 2 aliphatic heterocycles. The Hall–Kier alpha value is -3.17. The summed E-state index contributed by atoms with van der Waals surface area (Å²) in [5, 5.41) is 4.41. The maximum atomic E-state index is 5.94. The Morgan fingerprint density at radius 2 is 1.58 bits per heavy atom. The minimum absolute atomic E-state index is 0.125. The summed E-state index contributed by atoms with van der Waals surface area (Å²) in [5.74, 6) is 2.39. The third-order valence-electron chi connectivity index (χ3n) is 6.81. The van der Waals surface area contributed by atoms with Gasteiger partial charge in [-0.15, -0.1) is 0 Å². The van der Waals surface area contributed by atoms with E-state index in [1.165, 1.54) is 5.69 Å². The van der Waals surface area contributed by atoms with Crippen LogP contribution in [0.15, 0.2) is 36.4 Å². The number of morpholine rings is 2. The van der Waals surface area contributed by atoms with Crippen molar-refractivity contribution in [3.63, 3.8) is 0 Å². The van der Waals surface area contributed by atoms with Gasteiger partial charge in [-0.1, -0.05) is 0 Å². The Balaban J connectivity index is 1.47. The Kier molecular flexibility index (Phi) is 7.38. The molecule has 2 aliphatic rings. The monoisotopic (exact) mass is 491 g/mol. The summed E-state index contributed by atoms with van der Waals surface area (Å²) in [7, 11) is 0. The van der Waals surface area contributed by atoms with Crippen LogP contribution >= 0.6 is 0 Å². The van der Waals surface area contributed by atoms with Gasteiger partial charge in [0.25, 0.3) is 0 Å². The van der Waals surface area contributed by atoms with Gasteiger partial charge in [-0.25, -0.2) is 4.98 Å². The van der Waals surface area contributed by atoms with Crippen molar-refractivity contribution in [2.75, 3.05) is 72.5 Å². The smallest absolute Gasteiger partial charge is 0.229 e. The highest BCUT2D eigenvalue weighted by Crippen LogP contribution is 2.30. The molecule has 2 unspecified atom stereocenters. The van der Waals surface area contributed by atoms with Crippen LogP contribution in [0.3, 0.4) is 0 Å². The van der Waals surface area contributed by atoms with Gasteiger partial charge in [-0.3, -0.25) is 0 Å². The third kappa shape index (κ3) is 5.32. The van der Waals surface area contributed by atoms with Crippen molar-refractivity contribution in [1.29, 1.82) is 0 Å². The number of benzene rings is 1. The molecule has 36 heavy (non-hydrogen) atoms. The molecule has 1 aromatic carbocycles. The van der Waals surface area contributed by atoms with E-state index in [1.807, 2.05) is 6.07 Å². The highest BCUT2D eigenvalue weighted by Gasteiger charge is 2.26. The lowest BCUT2D eigenvalue weighted by molar-refractivity contribution is -0.00570. The van der Waals surface area contributed by atoms with Crippen molar-refractivity contribution in [3.8, 4) is 0 Å². The first-order chi connectivity index (χ1) is 17.5. The zero-order chi connectivity index (χ0) is 25.1. The molecule has 2 saturated heterocycles. The molecule has 0 amide bonds. The second kappa shape index (κ2) is 10.8. The van der Waals surface area contributed by atoms with Crippen LogP contribution in [0.5, 0.6) is 0 Å². The quantitative estimate of drug-likeness (QED) is 0.526. The van der Waals surface area contributed by atoms with E-state index in [4.69, 9.17) is 24.4 Å². The summed E-state index contributed by atoms with van der Waals surface area (Å²) in [5.41, 5.74) is 2.91. The Morgan fingerprint density at radius 3 is 2.25 bits per heavy atom. The van der Waals surface area contributed by atoms with E-state index in [9.17, 15) is 0 Å². The van der Waals surface area contributed by atoms with Crippen LogP contribution in [0.1, 0.15) is 27.7 Å². The maximum Gasteiger partial charge on any atom is 0.229 e. The Labute approximate surface area is 213 Å². The standard InChI is InChI=1S/C27H37N7O2/c1-5-32(6-2)22-9-7-21(8-10-22)28-24-12-11-23-25(29-24)30-27(34-17-19(3)36-20(4)18-34)31-26(23)33-13-15-35-16-14-33/h7-12,19-20H,5-6,13-18H2,1-4H3,(H,28,29,30,31). The van der Waals surface area contributed by atoms with Crippen molar-refractivity contribution in [2.24, 2.45) is 0 Å². The molecule has 1 N–H and O–H groups in total. The normalized spacial score (nSPS) is 20.6. The first-order valence-corrected chi connectivity index (χ1v) is 13.1. The summed E-state index contributed by atoms with van der Waals surface area (Å²) >= 11 is 0. The van der Waals surface area contributed by atoms with Crippen molar-refractivity contribution in [2.45, 2.75) is 39.9 Å². The number of pyridine rings is 1. The predicted molar refractivity (Wildman–Crippen MR) is 146 cm³/mol. The Morgan fingerprint density at radius 1 is 0.889 bits per heavy atom. The van der Waals surface area contributed by atoms with E-state index in [-0.39, 0.29) is 12.2 Å². The van der Waals surface area contributed by atoms with Gasteiger partial charge < -0.3 is 29.5 Å². The van der Waals surface area contributed by atoms with Gasteiger partial charge >= 0.3 is 0 Å². The molecule has 0 spiro atoms. The molecule has 0 radical (unpaired) electrons. The zero-order valence-electron chi connectivity index (χ0n) is 21.8. The minimum Gasteiger partial charge on any atom is -0.378 e. The van der Waals surface area contributed by atoms with Gasteiger partial charge in [0, 0.05) is 50.6 Å². The van der Waals surface area contributed by atoms with Gasteiger partial charge in [-0.05, 0) is 64.1 Å². The number of anilines is 5. The fourth-order valence-corrected chi connectivity index (χ4v) is 5.04. The van der Waals surface area contributed by atoms with Gasteiger partial charge in [-0.2, -0.15) is 9.97 Å². The lowest BCUT2D eigenvalue weighted by Gasteiger charge is -2.36. The van der Waals surface area contributed by atoms with Crippen LogP contribution in [0, 0.1) is 0 Å². The molecule has 4 heterocycles. The summed E-state index contributed by atoms with van der Waals surface area (Å²) in [6, 6.07) is 12.6. The fraction of sp³-hybridized carbons (Fsp3) is 0.519. The second-order valence-electron chi connectivity index (χ2n) is 9.52. The van der Waals surface area contributed by atoms with Crippen LogP contribution in [-0.4, -0.2) is 79.6 Å². The maximum absolute atomic E-state index is 5.94. The van der Waals surface area contributed by atoms with E-state index < -0.39 is 0 Å². The average Bonchev–Trinajstić information content (AvgIpc) is 2.89. The van der Waals surface area contributed by atoms with Crippen molar-refractivity contribution in [1.82, 2.24) is 15.0 Å². The summed E-state index contributed by atoms with van der Waals surface area (Å²) in [4.78, 5) is 21.7. The molecule has 0 saturated carbocycles. The molecule has 2 atom stereocenters. The van der Waals surface area contributed by atoms with Crippen molar-refractivity contribution in [3.05, 3.63) is 36.4 Å². The number of nitrogens with zero attached hydrogens (tertiary/aromatic N) is 6. The number of nitrogens with one attached hydrogen (secondary N) is 1. The number of fused-ring (bicyclic) bond motifs is 1. The van der Waals surface area contributed by atoms with Gasteiger partial charge in [0.05, 0.1) is 30.8 Å². The molecule has 0 aliphatic carbocycles. The molecule has 5 rings (SSSR count). The molecule has 3 aromatic rings. The largest absolute Gasteiger partial charge is 0.378 e. The number of hydrogen-bond donors (Lipinski definition) is 1. The molecule has 9 heteroatoms. The molecule has 192 valence electrons. The summed E-state index contributed by atoms with van der Waals surface area (Å²) in [6.45, 7) is 15.0. The zero-order valence-corrected chi connectivity index (χ0v) is 21.8. The van der Waals surface area contributed by atoms with Gasteiger partial charge in [0.1, 0.15) is 11.6 Å². The molecule has 9 nitrogen and oxygen atoms in total. The molecule has 2 aromatic heterocycles. The lowest BCUT2D eigenvalue weighted by atomic mass is 10.2. The molecule has 0 bridgehead atoms. The van der Waals surface area contributed by atoms with E-state index >= 15 is 0 Å². The number of hydrogen-bond acceptors (Lipinski definition) is 9. The van der Waals surface area contributed by atoms with Crippen LogP contribution in [0.4, 0.5) is 29.0 Å². The van der Waals surface area contributed by atoms with Gasteiger partial charge in [0.2, 0.25) is 5.95 Å². The average molecular weight is 492 g/mol. The van der Waals surface area contributed by atoms with Crippen molar-refractivity contribution >= 4 is 40.0 Å². The Bertz CT molecular complexity index is 1150. The molecular formula is C27H37N7O2. The molecular weight excluding hydrogens is 454 g/mol. The first kappa shape index (κ1) is 24.5. The lowest BCUT2D eigenvalue weighted by Crippen LogP contribution is -2.46. The first-order valence-electron chi connectivity index (χ1n) is 13.1. The third-order valence-corrected chi connectivity index (χ3v) is 6.81. The SMILES string of the molecule is CCN(CC)c1ccc(Nc2ccc3c(N4CCOCC4)nc(N4CC(C)OC(C)C4)nc3n2)cc1. The highest BCUT2D eigenvalue weighted by atomic mass is 16.5. The minimum atomic E-state index is 0.125. The second-order valence-corrected chi connectivity index (χ2v) is 9.52. The number of ether oxygens (including phenoxy) is 2. The summed E-state index contributed by atoms with van der Waals surface area (Å²) in [6.07, 6.45) is 0.250. The van der Waals surface area contributed by atoms with Crippen LogP contribution < -0.4 is 20.0 Å². The van der Waals surface area contributed by atoms with E-state index in [2.05, 4.69) is 78.0 Å².